The fraction of sp³-hybridized carbons (Fsp3) is 0.357. The molecular weight excluding hydrogens is 424 g/mol. The SMILES string of the molecule is CCOCCNc1ncnc2c1c(-c1ccc(-c3ccc(CC)cc3)cc1)cn2CC(C)(C)O. The van der Waals surface area contributed by atoms with Crippen LogP contribution in [0.4, 0.5) is 5.82 Å². The largest absolute Gasteiger partial charge is 0.389 e. The zero-order valence-corrected chi connectivity index (χ0v) is 20.5. The Hall–Kier alpha value is -3.22. The number of hydrogen-bond acceptors (Lipinski definition) is 5. The molecule has 178 valence electrons. The quantitative estimate of drug-likeness (QED) is 0.305. The summed E-state index contributed by atoms with van der Waals surface area (Å²) in [6, 6.07) is 17.3. The van der Waals surface area contributed by atoms with Crippen molar-refractivity contribution in [1.29, 1.82) is 0 Å². The fourth-order valence-corrected chi connectivity index (χ4v) is 4.17. The third-order valence-corrected chi connectivity index (χ3v) is 5.85. The molecule has 0 saturated heterocycles. The number of rotatable bonds is 10. The molecule has 0 spiro atoms. The highest BCUT2D eigenvalue weighted by atomic mass is 16.5. The highest BCUT2D eigenvalue weighted by Gasteiger charge is 2.21. The van der Waals surface area contributed by atoms with Crippen molar-refractivity contribution in [2.24, 2.45) is 0 Å². The van der Waals surface area contributed by atoms with Crippen molar-refractivity contribution < 1.29 is 9.84 Å². The minimum Gasteiger partial charge on any atom is -0.389 e. The minimum atomic E-state index is -0.870. The summed E-state index contributed by atoms with van der Waals surface area (Å²) in [6.07, 6.45) is 4.67. The van der Waals surface area contributed by atoms with Crippen molar-refractivity contribution in [1.82, 2.24) is 14.5 Å². The summed E-state index contributed by atoms with van der Waals surface area (Å²) in [7, 11) is 0. The van der Waals surface area contributed by atoms with Crippen LogP contribution in [0.5, 0.6) is 0 Å². The van der Waals surface area contributed by atoms with Crippen molar-refractivity contribution in [3.8, 4) is 22.3 Å². The predicted octanol–water partition coefficient (Wildman–Crippen LogP) is 5.55. The van der Waals surface area contributed by atoms with E-state index in [1.165, 1.54) is 16.7 Å². The molecule has 0 unspecified atom stereocenters. The lowest BCUT2D eigenvalue weighted by Gasteiger charge is -2.18. The highest BCUT2D eigenvalue weighted by Crippen LogP contribution is 2.35. The lowest BCUT2D eigenvalue weighted by atomic mass is 9.99. The topological polar surface area (TPSA) is 72.2 Å². The molecule has 6 nitrogen and oxygen atoms in total. The molecule has 0 aliphatic carbocycles. The zero-order valence-electron chi connectivity index (χ0n) is 20.5. The van der Waals surface area contributed by atoms with Gasteiger partial charge in [-0.3, -0.25) is 0 Å². The summed E-state index contributed by atoms with van der Waals surface area (Å²) < 4.78 is 7.49. The number of hydrogen-bond donors (Lipinski definition) is 2. The van der Waals surface area contributed by atoms with Crippen molar-refractivity contribution in [3.63, 3.8) is 0 Å². The standard InChI is InChI=1S/C28H34N4O2/c1-5-20-7-9-21(10-8-20)22-11-13-23(14-12-22)24-17-32(18-28(3,4)33)27-25(24)26(30-19-31-27)29-15-16-34-6-2/h7-14,17,19,33H,5-6,15-16,18H2,1-4H3,(H,29,30,31). The Morgan fingerprint density at radius 1 is 0.941 bits per heavy atom. The maximum atomic E-state index is 10.5. The van der Waals surface area contributed by atoms with Gasteiger partial charge in [0.05, 0.1) is 24.1 Å². The van der Waals surface area contributed by atoms with Crippen LogP contribution in [0, 0.1) is 0 Å². The van der Waals surface area contributed by atoms with Gasteiger partial charge in [0.25, 0.3) is 0 Å². The second-order valence-electron chi connectivity index (χ2n) is 9.16. The van der Waals surface area contributed by atoms with Crippen molar-refractivity contribution in [2.75, 3.05) is 25.1 Å². The molecule has 4 rings (SSSR count). The molecule has 2 N–H and O–H groups in total. The molecule has 0 aliphatic rings. The van der Waals surface area contributed by atoms with Gasteiger partial charge in [0.2, 0.25) is 0 Å². The van der Waals surface area contributed by atoms with E-state index >= 15 is 0 Å². The van der Waals surface area contributed by atoms with Crippen molar-refractivity contribution in [3.05, 3.63) is 66.6 Å². The molecule has 2 heterocycles. The summed E-state index contributed by atoms with van der Waals surface area (Å²) in [6.45, 7) is 10.1. The highest BCUT2D eigenvalue weighted by molar-refractivity contribution is 6.01. The Kier molecular flexibility index (Phi) is 7.29. The molecular formula is C28H34N4O2. The first-order valence-corrected chi connectivity index (χ1v) is 12.0. The number of aryl methyl sites for hydroxylation is 1. The van der Waals surface area contributed by atoms with E-state index in [0.717, 1.165) is 34.4 Å². The second-order valence-corrected chi connectivity index (χ2v) is 9.16. The normalized spacial score (nSPS) is 11.8. The lowest BCUT2D eigenvalue weighted by molar-refractivity contribution is 0.0627. The van der Waals surface area contributed by atoms with E-state index in [1.54, 1.807) is 20.2 Å². The van der Waals surface area contributed by atoms with Gasteiger partial charge in [-0.15, -0.1) is 0 Å². The predicted molar refractivity (Wildman–Crippen MR) is 139 cm³/mol. The Bertz CT molecular complexity index is 1220. The smallest absolute Gasteiger partial charge is 0.146 e. The summed E-state index contributed by atoms with van der Waals surface area (Å²) in [4.78, 5) is 9.10. The van der Waals surface area contributed by atoms with E-state index in [1.807, 2.05) is 11.5 Å². The lowest BCUT2D eigenvalue weighted by Crippen LogP contribution is -2.25. The molecule has 0 radical (unpaired) electrons. The van der Waals surface area contributed by atoms with E-state index in [4.69, 9.17) is 4.74 Å². The first kappa shape index (κ1) is 23.9. The van der Waals surface area contributed by atoms with Crippen LogP contribution in [0.25, 0.3) is 33.3 Å². The fourth-order valence-electron chi connectivity index (χ4n) is 4.17. The summed E-state index contributed by atoms with van der Waals surface area (Å²) in [5.74, 6) is 0.772. The van der Waals surface area contributed by atoms with E-state index in [2.05, 4.69) is 76.9 Å². The number of aliphatic hydroxyl groups is 1. The minimum absolute atomic E-state index is 0.431. The molecule has 4 aromatic rings. The van der Waals surface area contributed by atoms with Crippen LogP contribution in [0.3, 0.4) is 0 Å². The van der Waals surface area contributed by atoms with Crippen molar-refractivity contribution >= 4 is 16.9 Å². The van der Waals surface area contributed by atoms with Gasteiger partial charge < -0.3 is 19.7 Å². The van der Waals surface area contributed by atoms with Crippen LogP contribution in [-0.4, -0.2) is 45.0 Å². The number of benzene rings is 2. The number of fused-ring (bicyclic) bond motifs is 1. The zero-order chi connectivity index (χ0) is 24.1. The molecule has 34 heavy (non-hydrogen) atoms. The molecule has 0 saturated carbocycles. The van der Waals surface area contributed by atoms with Crippen LogP contribution in [0.2, 0.25) is 0 Å². The average Bonchev–Trinajstić information content (AvgIpc) is 3.19. The first-order valence-electron chi connectivity index (χ1n) is 12.0. The number of ether oxygens (including phenoxy) is 1. The van der Waals surface area contributed by atoms with E-state index in [-0.39, 0.29) is 0 Å². The Labute approximate surface area is 201 Å². The van der Waals surface area contributed by atoms with Crippen LogP contribution in [0.15, 0.2) is 61.1 Å². The summed E-state index contributed by atoms with van der Waals surface area (Å²) in [5, 5.41) is 14.8. The van der Waals surface area contributed by atoms with Gasteiger partial charge in [-0.25, -0.2) is 9.97 Å². The van der Waals surface area contributed by atoms with Gasteiger partial charge in [0.1, 0.15) is 17.8 Å². The van der Waals surface area contributed by atoms with Gasteiger partial charge in [-0.2, -0.15) is 0 Å². The molecule has 0 fully saturated rings. The number of nitrogens with zero attached hydrogens (tertiary/aromatic N) is 3. The molecule has 0 atom stereocenters. The molecule has 6 heteroatoms. The second kappa shape index (κ2) is 10.4. The summed E-state index contributed by atoms with van der Waals surface area (Å²) >= 11 is 0. The number of anilines is 1. The Morgan fingerprint density at radius 3 is 2.21 bits per heavy atom. The third kappa shape index (κ3) is 5.46. The average molecular weight is 459 g/mol. The van der Waals surface area contributed by atoms with E-state index < -0.39 is 5.60 Å². The monoisotopic (exact) mass is 458 g/mol. The van der Waals surface area contributed by atoms with Crippen LogP contribution >= 0.6 is 0 Å². The van der Waals surface area contributed by atoms with Crippen molar-refractivity contribution in [2.45, 2.75) is 46.3 Å². The number of nitrogens with one attached hydrogen (secondary N) is 1. The molecule has 0 bridgehead atoms. The van der Waals surface area contributed by atoms with Crippen LogP contribution in [-0.2, 0) is 17.7 Å². The first-order chi connectivity index (χ1) is 16.4. The van der Waals surface area contributed by atoms with Crippen LogP contribution < -0.4 is 5.32 Å². The summed E-state index contributed by atoms with van der Waals surface area (Å²) in [5.41, 5.74) is 5.76. The number of aromatic nitrogens is 3. The van der Waals surface area contributed by atoms with Gasteiger partial charge in [-0.1, -0.05) is 55.5 Å². The molecule has 0 aliphatic heterocycles. The van der Waals surface area contributed by atoms with Gasteiger partial charge in [-0.05, 0) is 49.4 Å². The molecule has 0 amide bonds. The molecule has 2 aromatic carbocycles. The van der Waals surface area contributed by atoms with E-state index in [9.17, 15) is 5.11 Å². The maximum absolute atomic E-state index is 10.5. The third-order valence-electron chi connectivity index (χ3n) is 5.85. The van der Waals surface area contributed by atoms with Crippen LogP contribution in [0.1, 0.15) is 33.3 Å². The Morgan fingerprint density at radius 2 is 1.59 bits per heavy atom. The van der Waals surface area contributed by atoms with Gasteiger partial charge in [0, 0.05) is 24.9 Å². The van der Waals surface area contributed by atoms with Gasteiger partial charge in [0.15, 0.2) is 0 Å². The molecule has 2 aromatic heterocycles. The van der Waals surface area contributed by atoms with Gasteiger partial charge >= 0.3 is 0 Å². The maximum Gasteiger partial charge on any atom is 0.146 e. The Balaban J connectivity index is 1.73. The van der Waals surface area contributed by atoms with E-state index in [0.29, 0.717) is 26.3 Å².